The van der Waals surface area contributed by atoms with Crippen LogP contribution in [0.25, 0.3) is 16.9 Å². The Morgan fingerprint density at radius 1 is 1.29 bits per heavy atom. The van der Waals surface area contributed by atoms with Crippen LogP contribution in [0.5, 0.6) is 0 Å². The molecule has 0 aliphatic heterocycles. The van der Waals surface area contributed by atoms with Gasteiger partial charge in [0.15, 0.2) is 5.65 Å². The minimum absolute atomic E-state index is 0.165. The maximum Gasteiger partial charge on any atom is 0.163 e. The van der Waals surface area contributed by atoms with Crippen molar-refractivity contribution in [3.8, 4) is 5.69 Å². The Labute approximate surface area is 129 Å². The first-order chi connectivity index (χ1) is 10.0. The van der Waals surface area contributed by atoms with E-state index in [0.717, 1.165) is 34.8 Å². The Kier molecular flexibility index (Phi) is 3.49. The number of hydrogen-bond acceptors (Lipinski definition) is 2. The van der Waals surface area contributed by atoms with Crippen molar-refractivity contribution in [1.82, 2.24) is 19.3 Å². The van der Waals surface area contributed by atoms with Crippen LogP contribution in [0.2, 0.25) is 0 Å². The molecule has 0 saturated carbocycles. The lowest BCUT2D eigenvalue weighted by molar-refractivity contribution is 0.746. The maximum absolute atomic E-state index is 6.37. The van der Waals surface area contributed by atoms with Crippen LogP contribution in [-0.2, 0) is 13.5 Å². The number of benzene rings is 1. The van der Waals surface area contributed by atoms with Gasteiger partial charge >= 0.3 is 0 Å². The molecule has 1 aromatic carbocycles. The van der Waals surface area contributed by atoms with E-state index in [0.29, 0.717) is 0 Å². The molecule has 0 radical (unpaired) electrons. The summed E-state index contributed by atoms with van der Waals surface area (Å²) in [4.78, 5) is 4.73. The number of aryl methyl sites for hydroxylation is 3. The average molecular weight is 303 g/mol. The van der Waals surface area contributed by atoms with E-state index in [1.807, 2.05) is 31.6 Å². The normalized spacial score (nSPS) is 13.0. The zero-order valence-electron chi connectivity index (χ0n) is 12.8. The van der Waals surface area contributed by atoms with Crippen LogP contribution in [0.15, 0.2) is 24.3 Å². The molecule has 5 heteroatoms. The molecule has 1 unspecified atom stereocenters. The summed E-state index contributed by atoms with van der Waals surface area (Å²) < 4.78 is 4.03. The first-order valence-electron chi connectivity index (χ1n) is 7.18. The second kappa shape index (κ2) is 5.19. The van der Waals surface area contributed by atoms with Gasteiger partial charge in [0.1, 0.15) is 11.3 Å². The highest BCUT2D eigenvalue weighted by Gasteiger charge is 2.22. The Morgan fingerprint density at radius 3 is 2.67 bits per heavy atom. The van der Waals surface area contributed by atoms with Crippen molar-refractivity contribution in [2.24, 2.45) is 7.05 Å². The second-order valence-corrected chi connectivity index (χ2v) is 5.94. The summed E-state index contributed by atoms with van der Waals surface area (Å²) in [6.45, 7) is 6.09. The van der Waals surface area contributed by atoms with Gasteiger partial charge in [-0.05, 0) is 31.9 Å². The summed E-state index contributed by atoms with van der Waals surface area (Å²) in [5.41, 5.74) is 5.25. The molecule has 2 heterocycles. The lowest BCUT2D eigenvalue weighted by atomic mass is 10.1. The molecule has 0 amide bonds. The van der Waals surface area contributed by atoms with Gasteiger partial charge in [-0.15, -0.1) is 11.6 Å². The van der Waals surface area contributed by atoms with E-state index >= 15 is 0 Å². The average Bonchev–Trinajstić information content (AvgIpc) is 2.98. The van der Waals surface area contributed by atoms with Crippen LogP contribution in [0, 0.1) is 6.92 Å². The predicted octanol–water partition coefficient (Wildman–Crippen LogP) is 3.93. The van der Waals surface area contributed by atoms with E-state index < -0.39 is 0 Å². The largest absolute Gasteiger partial charge is 0.279 e. The fourth-order valence-corrected chi connectivity index (χ4v) is 2.97. The van der Waals surface area contributed by atoms with Gasteiger partial charge in [0.25, 0.3) is 0 Å². The molecular weight excluding hydrogens is 284 g/mol. The maximum atomic E-state index is 6.37. The van der Waals surface area contributed by atoms with Crippen molar-refractivity contribution < 1.29 is 0 Å². The number of rotatable bonds is 3. The SMILES string of the molecule is CCc1ccccc1-n1c(C(C)Cl)nc2c(C)nn(C)c21. The Hall–Kier alpha value is -1.81. The van der Waals surface area contributed by atoms with Crippen molar-refractivity contribution in [3.05, 3.63) is 41.3 Å². The van der Waals surface area contributed by atoms with Crippen LogP contribution in [0.4, 0.5) is 0 Å². The van der Waals surface area contributed by atoms with Crippen molar-refractivity contribution >= 4 is 22.8 Å². The van der Waals surface area contributed by atoms with Gasteiger partial charge in [0.2, 0.25) is 0 Å². The highest BCUT2D eigenvalue weighted by atomic mass is 35.5. The van der Waals surface area contributed by atoms with E-state index in [1.165, 1.54) is 5.56 Å². The van der Waals surface area contributed by atoms with E-state index in [9.17, 15) is 0 Å². The van der Waals surface area contributed by atoms with Gasteiger partial charge < -0.3 is 0 Å². The minimum Gasteiger partial charge on any atom is -0.279 e. The molecule has 0 spiro atoms. The van der Waals surface area contributed by atoms with Crippen LogP contribution in [-0.4, -0.2) is 19.3 Å². The lowest BCUT2D eigenvalue weighted by Crippen LogP contribution is -2.08. The molecule has 4 nitrogen and oxygen atoms in total. The molecule has 0 aliphatic carbocycles. The quantitative estimate of drug-likeness (QED) is 0.687. The Morgan fingerprint density at radius 2 is 2.00 bits per heavy atom. The van der Waals surface area contributed by atoms with E-state index in [4.69, 9.17) is 16.6 Å². The number of para-hydroxylation sites is 1. The third kappa shape index (κ3) is 2.14. The summed E-state index contributed by atoms with van der Waals surface area (Å²) in [6, 6.07) is 8.37. The van der Waals surface area contributed by atoms with Crippen LogP contribution in [0.1, 0.15) is 36.3 Å². The Balaban J connectivity index is 2.42. The molecule has 3 aromatic rings. The molecule has 2 aromatic heterocycles. The summed E-state index contributed by atoms with van der Waals surface area (Å²) in [6.07, 6.45) is 0.961. The van der Waals surface area contributed by atoms with E-state index in [1.54, 1.807) is 0 Å². The third-order valence-electron chi connectivity index (χ3n) is 3.80. The van der Waals surface area contributed by atoms with E-state index in [-0.39, 0.29) is 5.38 Å². The number of aromatic nitrogens is 4. The second-order valence-electron chi connectivity index (χ2n) is 5.28. The van der Waals surface area contributed by atoms with Gasteiger partial charge in [0, 0.05) is 7.05 Å². The number of imidazole rings is 1. The van der Waals surface area contributed by atoms with Crippen molar-refractivity contribution in [2.75, 3.05) is 0 Å². The van der Waals surface area contributed by atoms with Crippen molar-refractivity contribution in [2.45, 2.75) is 32.6 Å². The highest BCUT2D eigenvalue weighted by molar-refractivity contribution is 6.20. The van der Waals surface area contributed by atoms with Gasteiger partial charge in [0.05, 0.1) is 16.8 Å². The zero-order valence-corrected chi connectivity index (χ0v) is 13.5. The minimum atomic E-state index is -0.165. The molecule has 1 atom stereocenters. The molecular formula is C16H19ClN4. The zero-order chi connectivity index (χ0) is 15.1. The standard InChI is InChI=1S/C16H19ClN4/c1-5-12-8-6-7-9-13(12)21-15(10(2)17)18-14-11(3)19-20(4)16(14)21/h6-10H,5H2,1-4H3. The van der Waals surface area contributed by atoms with Crippen LogP contribution < -0.4 is 0 Å². The smallest absolute Gasteiger partial charge is 0.163 e. The number of nitrogens with zero attached hydrogens (tertiary/aromatic N) is 4. The fourth-order valence-electron chi connectivity index (χ4n) is 2.82. The molecule has 0 N–H and O–H groups in total. The lowest BCUT2D eigenvalue weighted by Gasteiger charge is -2.14. The Bertz CT molecular complexity index is 798. The summed E-state index contributed by atoms with van der Waals surface area (Å²) in [5.74, 6) is 0.865. The first kappa shape index (κ1) is 14.1. The molecule has 0 aliphatic rings. The van der Waals surface area contributed by atoms with Gasteiger partial charge in [-0.1, -0.05) is 25.1 Å². The van der Waals surface area contributed by atoms with Crippen molar-refractivity contribution in [3.63, 3.8) is 0 Å². The number of fused-ring (bicyclic) bond motifs is 1. The third-order valence-corrected chi connectivity index (χ3v) is 3.99. The number of hydrogen-bond donors (Lipinski definition) is 0. The molecule has 21 heavy (non-hydrogen) atoms. The summed E-state index contributed by atoms with van der Waals surface area (Å²) in [5, 5.41) is 4.32. The first-order valence-corrected chi connectivity index (χ1v) is 7.62. The number of halogens is 1. The highest BCUT2D eigenvalue weighted by Crippen LogP contribution is 2.30. The monoisotopic (exact) mass is 302 g/mol. The molecule has 0 saturated heterocycles. The van der Waals surface area contributed by atoms with Crippen molar-refractivity contribution in [1.29, 1.82) is 0 Å². The predicted molar refractivity (Wildman–Crippen MR) is 86.2 cm³/mol. The molecule has 110 valence electrons. The fraction of sp³-hybridized carbons (Fsp3) is 0.375. The van der Waals surface area contributed by atoms with E-state index in [2.05, 4.69) is 34.8 Å². The van der Waals surface area contributed by atoms with Gasteiger partial charge in [-0.2, -0.15) is 5.10 Å². The van der Waals surface area contributed by atoms with Crippen LogP contribution >= 0.6 is 11.6 Å². The molecule has 0 fully saturated rings. The molecule has 0 bridgehead atoms. The molecule has 3 rings (SSSR count). The topological polar surface area (TPSA) is 35.6 Å². The summed E-state index contributed by atoms with van der Waals surface area (Å²) in [7, 11) is 1.95. The van der Waals surface area contributed by atoms with Crippen LogP contribution in [0.3, 0.4) is 0 Å². The van der Waals surface area contributed by atoms with Gasteiger partial charge in [-0.25, -0.2) is 9.67 Å². The van der Waals surface area contributed by atoms with Gasteiger partial charge in [-0.3, -0.25) is 4.57 Å². The summed E-state index contributed by atoms with van der Waals surface area (Å²) >= 11 is 6.37. The number of alkyl halides is 1.